The Balaban J connectivity index is 2.42. The van der Waals surface area contributed by atoms with Crippen LogP contribution in [0.25, 0.3) is 0 Å². The molecule has 0 aliphatic rings. The lowest BCUT2D eigenvalue weighted by Crippen LogP contribution is -2.09. The van der Waals surface area contributed by atoms with Crippen LogP contribution in [0.3, 0.4) is 0 Å². The van der Waals surface area contributed by atoms with Crippen LogP contribution in [0.2, 0.25) is 0 Å². The van der Waals surface area contributed by atoms with E-state index in [-0.39, 0.29) is 15.8 Å². The average Bonchev–Trinajstić information content (AvgIpc) is 2.42. The number of rotatable bonds is 2. The van der Waals surface area contributed by atoms with Crippen molar-refractivity contribution >= 4 is 15.9 Å². The standard InChI is InChI=1S/C13H5BrF4N2O/c14-9-5-8(2-3-10(9)15)21-12-7(6-19)1-4-11(20-12)13(16,17)18/h1-5H. The second-order valence-corrected chi connectivity index (χ2v) is 4.69. The SMILES string of the molecule is N#Cc1ccc(C(F)(F)F)nc1Oc1ccc(F)c(Br)c1. The summed E-state index contributed by atoms with van der Waals surface area (Å²) in [5.74, 6) is -1.00. The molecule has 1 aromatic carbocycles. The van der Waals surface area contributed by atoms with Crippen LogP contribution in [0, 0.1) is 17.1 Å². The van der Waals surface area contributed by atoms with Crippen LogP contribution in [0.15, 0.2) is 34.8 Å². The highest BCUT2D eigenvalue weighted by Crippen LogP contribution is 2.32. The molecule has 0 aliphatic carbocycles. The molecule has 21 heavy (non-hydrogen) atoms. The van der Waals surface area contributed by atoms with E-state index in [4.69, 9.17) is 10.00 Å². The summed E-state index contributed by atoms with van der Waals surface area (Å²) in [6.45, 7) is 0. The van der Waals surface area contributed by atoms with E-state index >= 15 is 0 Å². The Labute approximate surface area is 124 Å². The van der Waals surface area contributed by atoms with Crippen molar-refractivity contribution in [1.82, 2.24) is 4.98 Å². The Morgan fingerprint density at radius 2 is 1.90 bits per heavy atom. The number of hydrogen-bond donors (Lipinski definition) is 0. The van der Waals surface area contributed by atoms with Gasteiger partial charge in [0, 0.05) is 0 Å². The molecule has 0 saturated heterocycles. The van der Waals surface area contributed by atoms with E-state index in [1.54, 1.807) is 6.07 Å². The van der Waals surface area contributed by atoms with Gasteiger partial charge in [-0.1, -0.05) is 0 Å². The highest BCUT2D eigenvalue weighted by molar-refractivity contribution is 9.10. The van der Waals surface area contributed by atoms with Gasteiger partial charge in [-0.2, -0.15) is 18.4 Å². The second kappa shape index (κ2) is 5.69. The van der Waals surface area contributed by atoms with E-state index in [2.05, 4.69) is 20.9 Å². The molecule has 2 aromatic rings. The van der Waals surface area contributed by atoms with Gasteiger partial charge in [0.25, 0.3) is 0 Å². The van der Waals surface area contributed by atoms with Crippen LogP contribution in [-0.4, -0.2) is 4.98 Å². The third kappa shape index (κ3) is 3.49. The number of nitrogens with zero attached hydrogens (tertiary/aromatic N) is 2. The molecule has 0 amide bonds. The zero-order valence-corrected chi connectivity index (χ0v) is 11.7. The molecule has 1 aromatic heterocycles. The van der Waals surface area contributed by atoms with Crippen LogP contribution in [0.5, 0.6) is 11.6 Å². The van der Waals surface area contributed by atoms with Crippen LogP contribution in [-0.2, 0) is 6.18 Å². The van der Waals surface area contributed by atoms with Crippen molar-refractivity contribution in [3.63, 3.8) is 0 Å². The van der Waals surface area contributed by atoms with Crippen LogP contribution >= 0.6 is 15.9 Å². The summed E-state index contributed by atoms with van der Waals surface area (Å²) >= 11 is 2.92. The molecule has 0 bridgehead atoms. The van der Waals surface area contributed by atoms with Crippen LogP contribution in [0.4, 0.5) is 17.6 Å². The van der Waals surface area contributed by atoms with Crippen molar-refractivity contribution in [2.24, 2.45) is 0 Å². The maximum Gasteiger partial charge on any atom is 0.433 e. The predicted molar refractivity (Wildman–Crippen MR) is 68.1 cm³/mol. The van der Waals surface area contributed by atoms with E-state index in [1.807, 2.05) is 0 Å². The Hall–Kier alpha value is -2.14. The maximum atomic E-state index is 13.1. The van der Waals surface area contributed by atoms with Crippen molar-refractivity contribution in [3.8, 4) is 17.7 Å². The van der Waals surface area contributed by atoms with Crippen molar-refractivity contribution in [1.29, 1.82) is 5.26 Å². The van der Waals surface area contributed by atoms with Gasteiger partial charge in [-0.05, 0) is 46.3 Å². The third-order valence-electron chi connectivity index (χ3n) is 2.38. The smallest absolute Gasteiger partial charge is 0.433 e. The Morgan fingerprint density at radius 3 is 2.48 bits per heavy atom. The van der Waals surface area contributed by atoms with Gasteiger partial charge in [0.05, 0.1) is 4.47 Å². The molecule has 1 heterocycles. The molecular weight excluding hydrogens is 356 g/mol. The molecule has 2 rings (SSSR count). The Bertz CT molecular complexity index is 725. The number of benzene rings is 1. The summed E-state index contributed by atoms with van der Waals surface area (Å²) in [6.07, 6.45) is -4.66. The Kier molecular flexibility index (Phi) is 4.14. The van der Waals surface area contributed by atoms with Crippen molar-refractivity contribution in [2.75, 3.05) is 0 Å². The van der Waals surface area contributed by atoms with Gasteiger partial charge in [-0.15, -0.1) is 0 Å². The fourth-order valence-corrected chi connectivity index (χ4v) is 1.77. The molecule has 0 aliphatic heterocycles. The summed E-state index contributed by atoms with van der Waals surface area (Å²) < 4.78 is 56.1. The molecule has 0 saturated carbocycles. The quantitative estimate of drug-likeness (QED) is 0.731. The highest BCUT2D eigenvalue weighted by atomic mass is 79.9. The lowest BCUT2D eigenvalue weighted by molar-refractivity contribution is -0.141. The van der Waals surface area contributed by atoms with E-state index < -0.39 is 23.6 Å². The summed E-state index contributed by atoms with van der Waals surface area (Å²) in [6, 6.07) is 6.83. The molecule has 0 atom stereocenters. The molecule has 0 unspecified atom stereocenters. The van der Waals surface area contributed by atoms with Gasteiger partial charge in [-0.3, -0.25) is 0 Å². The molecule has 0 radical (unpaired) electrons. The van der Waals surface area contributed by atoms with E-state index in [0.717, 1.165) is 12.1 Å². The van der Waals surface area contributed by atoms with Gasteiger partial charge in [0.2, 0.25) is 5.88 Å². The summed E-state index contributed by atoms with van der Waals surface area (Å²) in [5, 5.41) is 8.87. The lowest BCUT2D eigenvalue weighted by atomic mass is 10.2. The van der Waals surface area contributed by atoms with Gasteiger partial charge in [-0.25, -0.2) is 9.37 Å². The number of halogens is 5. The van der Waals surface area contributed by atoms with Gasteiger partial charge >= 0.3 is 6.18 Å². The maximum absolute atomic E-state index is 13.1. The average molecular weight is 361 g/mol. The minimum absolute atomic E-state index is 0.0478. The number of pyridine rings is 1. The van der Waals surface area contributed by atoms with Crippen LogP contribution < -0.4 is 4.74 Å². The minimum atomic E-state index is -4.66. The second-order valence-electron chi connectivity index (χ2n) is 3.84. The van der Waals surface area contributed by atoms with E-state index in [0.29, 0.717) is 6.07 Å². The number of aromatic nitrogens is 1. The zero-order chi connectivity index (χ0) is 15.6. The summed E-state index contributed by atoms with van der Waals surface area (Å²) in [4.78, 5) is 3.28. The molecule has 0 fully saturated rings. The number of nitriles is 1. The Morgan fingerprint density at radius 1 is 1.19 bits per heavy atom. The van der Waals surface area contributed by atoms with E-state index in [1.165, 1.54) is 12.1 Å². The summed E-state index contributed by atoms with van der Waals surface area (Å²) in [7, 11) is 0. The highest BCUT2D eigenvalue weighted by Gasteiger charge is 2.33. The molecule has 8 heteroatoms. The first kappa shape index (κ1) is 15.3. The normalized spacial score (nSPS) is 11.0. The van der Waals surface area contributed by atoms with E-state index in [9.17, 15) is 17.6 Å². The fraction of sp³-hybridized carbons (Fsp3) is 0.0769. The van der Waals surface area contributed by atoms with Crippen LogP contribution in [0.1, 0.15) is 11.3 Å². The molecule has 0 N–H and O–H groups in total. The summed E-state index contributed by atoms with van der Waals surface area (Å²) in [5.41, 5.74) is -1.35. The number of alkyl halides is 3. The topological polar surface area (TPSA) is 45.9 Å². The largest absolute Gasteiger partial charge is 0.438 e. The first-order valence-electron chi connectivity index (χ1n) is 5.42. The third-order valence-corrected chi connectivity index (χ3v) is 2.98. The predicted octanol–water partition coefficient (Wildman–Crippen LogP) is 4.67. The molecule has 108 valence electrons. The number of hydrogen-bond acceptors (Lipinski definition) is 3. The van der Waals surface area contributed by atoms with Gasteiger partial charge < -0.3 is 4.74 Å². The van der Waals surface area contributed by atoms with Crippen molar-refractivity contribution in [3.05, 3.63) is 51.9 Å². The van der Waals surface area contributed by atoms with Gasteiger partial charge in [0.1, 0.15) is 28.9 Å². The zero-order valence-electron chi connectivity index (χ0n) is 10.1. The molecular formula is C13H5BrF4N2O. The minimum Gasteiger partial charge on any atom is -0.438 e. The molecule has 3 nitrogen and oxygen atoms in total. The van der Waals surface area contributed by atoms with Gasteiger partial charge in [0.15, 0.2) is 0 Å². The lowest BCUT2D eigenvalue weighted by Gasteiger charge is -2.10. The fourth-order valence-electron chi connectivity index (χ4n) is 1.41. The van der Waals surface area contributed by atoms with Crippen molar-refractivity contribution < 1.29 is 22.3 Å². The molecule has 0 spiro atoms. The van der Waals surface area contributed by atoms with Crippen molar-refractivity contribution in [2.45, 2.75) is 6.18 Å². The number of ether oxygens (including phenoxy) is 1. The monoisotopic (exact) mass is 360 g/mol. The first-order valence-corrected chi connectivity index (χ1v) is 6.22. The first-order chi connectivity index (χ1) is 9.81.